The van der Waals surface area contributed by atoms with Crippen molar-refractivity contribution in [2.45, 2.75) is 39.6 Å². The van der Waals surface area contributed by atoms with Crippen molar-refractivity contribution in [3.63, 3.8) is 0 Å². The van der Waals surface area contributed by atoms with Crippen molar-refractivity contribution in [3.05, 3.63) is 54.2 Å². The number of aromatic nitrogens is 1. The van der Waals surface area contributed by atoms with Gasteiger partial charge in [0.05, 0.1) is 11.9 Å². The van der Waals surface area contributed by atoms with Crippen LogP contribution in [-0.2, 0) is 9.53 Å². The second-order valence-corrected chi connectivity index (χ2v) is 11.3. The molecule has 1 heterocycles. The summed E-state index contributed by atoms with van der Waals surface area (Å²) in [5, 5.41) is 0. The van der Waals surface area contributed by atoms with E-state index in [2.05, 4.69) is 24.6 Å². The zero-order chi connectivity index (χ0) is 18.4. The van der Waals surface area contributed by atoms with Gasteiger partial charge in [0.15, 0.2) is 0 Å². The summed E-state index contributed by atoms with van der Waals surface area (Å²) in [6.45, 7) is 9.69. The predicted molar refractivity (Wildman–Crippen MR) is 104 cm³/mol. The summed E-state index contributed by atoms with van der Waals surface area (Å²) in [7, 11) is -1.61. The normalized spacial score (nSPS) is 12.8. The third kappa shape index (κ3) is 6.55. The van der Waals surface area contributed by atoms with Gasteiger partial charge in [-0.05, 0) is 50.3 Å². The van der Waals surface area contributed by atoms with Gasteiger partial charge in [0, 0.05) is 12.5 Å². The van der Waals surface area contributed by atoms with Crippen LogP contribution in [0.1, 0.15) is 19.4 Å². The van der Waals surface area contributed by atoms with Gasteiger partial charge in [-0.25, -0.2) is 0 Å². The fraction of sp³-hybridized carbons (Fsp3) is 0.300. The fourth-order valence-corrected chi connectivity index (χ4v) is 3.11. The summed E-state index contributed by atoms with van der Waals surface area (Å²) in [6.07, 6.45) is 5.34. The predicted octanol–water partition coefficient (Wildman–Crippen LogP) is 4.93. The van der Waals surface area contributed by atoms with E-state index in [-0.39, 0.29) is 12.1 Å². The summed E-state index contributed by atoms with van der Waals surface area (Å²) in [6, 6.07) is 12.0. The molecule has 0 fully saturated rings. The third-order valence-corrected chi connectivity index (χ3v) is 4.13. The maximum absolute atomic E-state index is 10.9. The molecule has 2 aromatic rings. The Morgan fingerprint density at radius 1 is 1.12 bits per heavy atom. The summed E-state index contributed by atoms with van der Waals surface area (Å²) >= 11 is 0. The molecule has 0 bridgehead atoms. The van der Waals surface area contributed by atoms with E-state index in [1.54, 1.807) is 6.20 Å². The van der Waals surface area contributed by atoms with E-state index in [9.17, 15) is 4.79 Å². The number of hydrogen-bond acceptors (Lipinski definition) is 4. The van der Waals surface area contributed by atoms with Gasteiger partial charge in [-0.3, -0.25) is 9.78 Å². The molecule has 1 aromatic heterocycles. The van der Waals surface area contributed by atoms with E-state index in [1.165, 1.54) is 6.92 Å². The van der Waals surface area contributed by atoms with E-state index in [1.807, 2.05) is 55.5 Å². The lowest BCUT2D eigenvalue weighted by Gasteiger charge is -2.18. The number of ether oxygens (including phenoxy) is 1. The number of esters is 1. The summed E-state index contributed by atoms with van der Waals surface area (Å²) < 4.78 is 11.0. The lowest BCUT2D eigenvalue weighted by atomic mass is 10.1. The third-order valence-electron chi connectivity index (χ3n) is 3.28. The zero-order valence-corrected chi connectivity index (χ0v) is 16.4. The molecule has 0 spiro atoms. The minimum atomic E-state index is -1.61. The van der Waals surface area contributed by atoms with Gasteiger partial charge in [-0.15, -0.1) is 0 Å². The van der Waals surface area contributed by atoms with Gasteiger partial charge in [0.1, 0.15) is 11.9 Å². The van der Waals surface area contributed by atoms with E-state index in [4.69, 9.17) is 9.16 Å². The van der Waals surface area contributed by atoms with Gasteiger partial charge in [-0.1, -0.05) is 30.3 Å². The average molecular weight is 356 g/mol. The number of carbonyl (C=O) groups excluding carboxylic acids is 1. The van der Waals surface area contributed by atoms with Gasteiger partial charge >= 0.3 is 5.97 Å². The molecule has 0 saturated heterocycles. The number of pyridine rings is 1. The average Bonchev–Trinajstić information content (AvgIpc) is 2.52. The lowest BCUT2D eigenvalue weighted by molar-refractivity contribution is -0.143. The molecular formula is C20H25NO3Si. The molecule has 0 saturated carbocycles. The van der Waals surface area contributed by atoms with Gasteiger partial charge < -0.3 is 9.16 Å². The van der Waals surface area contributed by atoms with Crippen LogP contribution in [0.15, 0.2) is 48.7 Å². The van der Waals surface area contributed by atoms with Crippen molar-refractivity contribution in [2.24, 2.45) is 0 Å². The van der Waals surface area contributed by atoms with Crippen LogP contribution in [0.4, 0.5) is 0 Å². The minimum Gasteiger partial charge on any atom is -0.543 e. The first-order chi connectivity index (χ1) is 11.7. The number of hydrogen-bond donors (Lipinski definition) is 0. The van der Waals surface area contributed by atoms with E-state index < -0.39 is 8.32 Å². The Morgan fingerprint density at radius 2 is 1.80 bits per heavy atom. The molecule has 1 aromatic carbocycles. The lowest BCUT2D eigenvalue weighted by Crippen LogP contribution is -2.29. The second kappa shape index (κ2) is 8.12. The maximum Gasteiger partial charge on any atom is 0.303 e. The highest BCUT2D eigenvalue weighted by molar-refractivity contribution is 6.70. The molecule has 0 N–H and O–H groups in total. The van der Waals surface area contributed by atoms with Gasteiger partial charge in [0.2, 0.25) is 8.32 Å². The topological polar surface area (TPSA) is 48.4 Å². The van der Waals surface area contributed by atoms with Crippen LogP contribution in [0.5, 0.6) is 5.75 Å². The van der Waals surface area contributed by atoms with Crippen LogP contribution in [0.25, 0.3) is 17.3 Å². The van der Waals surface area contributed by atoms with Gasteiger partial charge in [-0.2, -0.15) is 0 Å². The molecule has 0 amide bonds. The Hall–Kier alpha value is -2.40. The molecule has 0 aliphatic carbocycles. The van der Waals surface area contributed by atoms with Gasteiger partial charge in [0.25, 0.3) is 0 Å². The number of rotatable bonds is 6. The first-order valence-electron chi connectivity index (χ1n) is 8.34. The Bertz CT molecular complexity index is 731. The molecule has 5 heteroatoms. The highest BCUT2D eigenvalue weighted by Gasteiger charge is 2.16. The van der Waals surface area contributed by atoms with Crippen LogP contribution in [0.2, 0.25) is 19.6 Å². The highest BCUT2D eigenvalue weighted by Crippen LogP contribution is 2.22. The molecule has 4 nitrogen and oxygen atoms in total. The van der Waals surface area contributed by atoms with Crippen LogP contribution in [-0.4, -0.2) is 25.4 Å². The molecular weight excluding hydrogens is 330 g/mol. The molecule has 2 rings (SSSR count). The fourth-order valence-electron chi connectivity index (χ4n) is 2.28. The van der Waals surface area contributed by atoms with Crippen LogP contribution in [0.3, 0.4) is 0 Å². The van der Waals surface area contributed by atoms with Crippen LogP contribution < -0.4 is 4.43 Å². The zero-order valence-electron chi connectivity index (χ0n) is 15.4. The van der Waals surface area contributed by atoms with Crippen molar-refractivity contribution in [1.29, 1.82) is 0 Å². The monoisotopic (exact) mass is 355 g/mol. The first kappa shape index (κ1) is 18.9. The smallest absolute Gasteiger partial charge is 0.303 e. The summed E-state index contributed by atoms with van der Waals surface area (Å²) in [5.41, 5.74) is 3.00. The molecule has 132 valence electrons. The number of carbonyl (C=O) groups is 1. The summed E-state index contributed by atoms with van der Waals surface area (Å²) in [5.74, 6) is 0.544. The quantitative estimate of drug-likeness (QED) is 0.545. The maximum atomic E-state index is 10.9. The molecule has 0 aliphatic heterocycles. The van der Waals surface area contributed by atoms with Crippen molar-refractivity contribution in [2.75, 3.05) is 0 Å². The first-order valence-corrected chi connectivity index (χ1v) is 11.7. The Kier molecular flexibility index (Phi) is 6.15. The Balaban J connectivity index is 2.04. The number of nitrogens with zero attached hydrogens (tertiary/aromatic N) is 1. The minimum absolute atomic E-state index is 0.238. The van der Waals surface area contributed by atoms with Crippen molar-refractivity contribution in [3.8, 4) is 17.0 Å². The van der Waals surface area contributed by atoms with E-state index >= 15 is 0 Å². The van der Waals surface area contributed by atoms with E-state index in [0.717, 1.165) is 22.6 Å². The molecule has 1 unspecified atom stereocenters. The Labute approximate surface area is 150 Å². The number of benzene rings is 1. The van der Waals surface area contributed by atoms with E-state index in [0.29, 0.717) is 0 Å². The standard InChI is InChI=1S/C20H25NO3Si/c1-15(23-16(2)22)6-7-17-8-10-18(11-9-17)20-13-12-19(14-21-20)24-25(3,4)5/h6-15H,1-5H3/b7-6+. The molecule has 25 heavy (non-hydrogen) atoms. The molecule has 0 radical (unpaired) electrons. The SMILES string of the molecule is CC(=O)OC(C)/C=C/c1ccc(-c2ccc(O[Si](C)(C)C)cn2)cc1. The molecule has 1 atom stereocenters. The highest BCUT2D eigenvalue weighted by atomic mass is 28.4. The van der Waals surface area contributed by atoms with Crippen molar-refractivity contribution in [1.82, 2.24) is 4.98 Å². The van der Waals surface area contributed by atoms with Crippen LogP contribution >= 0.6 is 0 Å². The molecule has 0 aliphatic rings. The van der Waals surface area contributed by atoms with Crippen molar-refractivity contribution >= 4 is 20.4 Å². The largest absolute Gasteiger partial charge is 0.543 e. The van der Waals surface area contributed by atoms with Crippen LogP contribution in [0, 0.1) is 0 Å². The second-order valence-electron chi connectivity index (χ2n) is 6.89. The summed E-state index contributed by atoms with van der Waals surface area (Å²) in [4.78, 5) is 15.4. The Morgan fingerprint density at radius 3 is 2.32 bits per heavy atom. The van der Waals surface area contributed by atoms with Crippen molar-refractivity contribution < 1.29 is 14.0 Å².